The molecular weight excluding hydrogens is 210 g/mol. The van der Waals surface area contributed by atoms with Gasteiger partial charge in [-0.3, -0.25) is 0 Å². The molecule has 0 spiro atoms. The van der Waals surface area contributed by atoms with Gasteiger partial charge >= 0.3 is 0 Å². The van der Waals surface area contributed by atoms with E-state index < -0.39 is 0 Å². The Bertz CT molecular complexity index is 228. The van der Waals surface area contributed by atoms with E-state index in [1.54, 1.807) is 0 Å². The normalized spacial score (nSPS) is 27.9. The second-order valence-electron chi connectivity index (χ2n) is 6.69. The molecule has 0 aromatic heterocycles. The number of rotatable bonds is 6. The molecule has 2 atom stereocenters. The van der Waals surface area contributed by atoms with Gasteiger partial charge in [0, 0.05) is 18.1 Å². The zero-order valence-electron chi connectivity index (χ0n) is 12.6. The topological polar surface area (TPSA) is 21.3 Å². The Labute approximate surface area is 108 Å². The lowest BCUT2D eigenvalue weighted by atomic mass is 9.58. The molecular formula is C15H31NO. The first kappa shape index (κ1) is 15.0. The zero-order chi connectivity index (χ0) is 13.1. The molecule has 0 saturated heterocycles. The molecule has 1 rings (SSSR count). The molecule has 0 aromatic rings. The molecule has 1 fully saturated rings. The number of ether oxygens (including phenoxy) is 1. The number of nitrogens with one attached hydrogen (secondary N) is 1. The minimum Gasteiger partial charge on any atom is -0.377 e. The minimum absolute atomic E-state index is 0.382. The Hall–Kier alpha value is -0.0800. The minimum atomic E-state index is 0.382. The molecule has 0 heterocycles. The van der Waals surface area contributed by atoms with Crippen LogP contribution in [0.25, 0.3) is 0 Å². The summed E-state index contributed by atoms with van der Waals surface area (Å²) in [5.74, 6) is 0. The van der Waals surface area contributed by atoms with E-state index in [4.69, 9.17) is 4.74 Å². The summed E-state index contributed by atoms with van der Waals surface area (Å²) in [7, 11) is 2.08. The second kappa shape index (κ2) is 5.71. The number of hydrogen-bond donors (Lipinski definition) is 1. The lowest BCUT2D eigenvalue weighted by Crippen LogP contribution is -2.62. The van der Waals surface area contributed by atoms with Crippen LogP contribution in [0.2, 0.25) is 0 Å². The third kappa shape index (κ3) is 3.23. The van der Waals surface area contributed by atoms with Crippen LogP contribution in [0, 0.1) is 10.8 Å². The molecule has 2 heteroatoms. The first-order valence-electron chi connectivity index (χ1n) is 7.18. The molecule has 2 unspecified atom stereocenters. The van der Waals surface area contributed by atoms with E-state index in [2.05, 4.69) is 47.0 Å². The van der Waals surface area contributed by atoms with Crippen molar-refractivity contribution in [1.82, 2.24) is 5.32 Å². The monoisotopic (exact) mass is 241 g/mol. The van der Waals surface area contributed by atoms with Crippen molar-refractivity contribution in [3.63, 3.8) is 0 Å². The summed E-state index contributed by atoms with van der Waals surface area (Å²) in [6.45, 7) is 12.3. The van der Waals surface area contributed by atoms with E-state index in [1.807, 2.05) is 0 Å². The van der Waals surface area contributed by atoms with E-state index >= 15 is 0 Å². The first-order valence-corrected chi connectivity index (χ1v) is 7.18. The molecule has 102 valence electrons. The van der Waals surface area contributed by atoms with Crippen LogP contribution in [-0.2, 0) is 4.74 Å². The van der Waals surface area contributed by atoms with Gasteiger partial charge in [-0.1, -0.05) is 34.6 Å². The van der Waals surface area contributed by atoms with Crippen LogP contribution >= 0.6 is 0 Å². The van der Waals surface area contributed by atoms with Crippen molar-refractivity contribution in [3.8, 4) is 0 Å². The van der Waals surface area contributed by atoms with Crippen LogP contribution in [0.5, 0.6) is 0 Å². The summed E-state index contributed by atoms with van der Waals surface area (Å²) < 4.78 is 6.14. The van der Waals surface area contributed by atoms with E-state index in [9.17, 15) is 0 Å². The van der Waals surface area contributed by atoms with E-state index in [1.165, 1.54) is 19.3 Å². The van der Waals surface area contributed by atoms with Crippen LogP contribution in [0.3, 0.4) is 0 Å². The predicted molar refractivity (Wildman–Crippen MR) is 74.3 cm³/mol. The summed E-state index contributed by atoms with van der Waals surface area (Å²) in [6, 6.07) is 0.650. The van der Waals surface area contributed by atoms with Gasteiger partial charge in [-0.25, -0.2) is 0 Å². The second-order valence-corrected chi connectivity index (χ2v) is 6.69. The smallest absolute Gasteiger partial charge is 0.0661 e. The highest BCUT2D eigenvalue weighted by molar-refractivity contribution is 5.06. The van der Waals surface area contributed by atoms with Gasteiger partial charge in [0.1, 0.15) is 0 Å². The fraction of sp³-hybridized carbons (Fsp3) is 1.00. The van der Waals surface area contributed by atoms with Crippen LogP contribution in [0.1, 0.15) is 60.3 Å². The lowest BCUT2D eigenvalue weighted by molar-refractivity contribution is -0.142. The van der Waals surface area contributed by atoms with Gasteiger partial charge in [-0.15, -0.1) is 0 Å². The maximum atomic E-state index is 6.14. The highest BCUT2D eigenvalue weighted by Crippen LogP contribution is 2.48. The largest absolute Gasteiger partial charge is 0.377 e. The molecule has 0 aromatic carbocycles. The van der Waals surface area contributed by atoms with Crippen molar-refractivity contribution in [2.45, 2.75) is 72.4 Å². The fourth-order valence-corrected chi connectivity index (χ4v) is 3.09. The molecule has 1 saturated carbocycles. The van der Waals surface area contributed by atoms with Crippen molar-refractivity contribution in [2.75, 3.05) is 13.7 Å². The van der Waals surface area contributed by atoms with Crippen molar-refractivity contribution < 1.29 is 4.74 Å². The lowest BCUT2D eigenvalue weighted by Gasteiger charge is -2.55. The Morgan fingerprint density at radius 3 is 2.24 bits per heavy atom. The quantitative estimate of drug-likeness (QED) is 0.767. The Kier molecular flexibility index (Phi) is 5.03. The van der Waals surface area contributed by atoms with E-state index in [0.29, 0.717) is 23.0 Å². The standard InChI is InChI=1S/C15H31NO/c1-7-15(8-2)12(16-6)11-13(15)17-10-9-14(3,4)5/h12-13,16H,7-11H2,1-6H3. The Morgan fingerprint density at radius 1 is 1.24 bits per heavy atom. The third-order valence-electron chi connectivity index (χ3n) is 4.62. The van der Waals surface area contributed by atoms with Crippen molar-refractivity contribution >= 4 is 0 Å². The molecule has 2 nitrogen and oxygen atoms in total. The molecule has 1 aliphatic carbocycles. The summed E-state index contributed by atoms with van der Waals surface area (Å²) >= 11 is 0. The average molecular weight is 241 g/mol. The highest BCUT2D eigenvalue weighted by atomic mass is 16.5. The third-order valence-corrected chi connectivity index (χ3v) is 4.62. The highest BCUT2D eigenvalue weighted by Gasteiger charge is 2.52. The molecule has 0 bridgehead atoms. The Balaban J connectivity index is 2.45. The van der Waals surface area contributed by atoms with Gasteiger partial charge in [0.15, 0.2) is 0 Å². The molecule has 1 aliphatic rings. The van der Waals surface area contributed by atoms with Crippen molar-refractivity contribution in [1.29, 1.82) is 0 Å². The molecule has 17 heavy (non-hydrogen) atoms. The Morgan fingerprint density at radius 2 is 1.82 bits per heavy atom. The van der Waals surface area contributed by atoms with Gasteiger partial charge in [0.05, 0.1) is 6.10 Å². The maximum absolute atomic E-state index is 6.14. The zero-order valence-corrected chi connectivity index (χ0v) is 12.6. The van der Waals surface area contributed by atoms with Gasteiger partial charge in [0.25, 0.3) is 0 Å². The summed E-state index contributed by atoms with van der Waals surface area (Å²) in [5, 5.41) is 3.45. The van der Waals surface area contributed by atoms with Gasteiger partial charge in [-0.05, 0) is 38.1 Å². The first-order chi connectivity index (χ1) is 7.89. The fourth-order valence-electron chi connectivity index (χ4n) is 3.09. The number of hydrogen-bond acceptors (Lipinski definition) is 2. The van der Waals surface area contributed by atoms with Crippen LogP contribution in [-0.4, -0.2) is 25.8 Å². The summed E-state index contributed by atoms with van der Waals surface area (Å²) in [6.07, 6.45) is 5.24. The van der Waals surface area contributed by atoms with E-state index in [-0.39, 0.29) is 0 Å². The molecule has 0 aliphatic heterocycles. The summed E-state index contributed by atoms with van der Waals surface area (Å²) in [5.41, 5.74) is 0.764. The predicted octanol–water partition coefficient (Wildman–Crippen LogP) is 3.61. The summed E-state index contributed by atoms with van der Waals surface area (Å²) in [4.78, 5) is 0. The maximum Gasteiger partial charge on any atom is 0.0661 e. The van der Waals surface area contributed by atoms with Crippen LogP contribution in [0.15, 0.2) is 0 Å². The van der Waals surface area contributed by atoms with Crippen molar-refractivity contribution in [2.24, 2.45) is 10.8 Å². The average Bonchev–Trinajstić information content (AvgIpc) is 2.23. The van der Waals surface area contributed by atoms with Crippen molar-refractivity contribution in [3.05, 3.63) is 0 Å². The van der Waals surface area contributed by atoms with Gasteiger partial charge in [-0.2, -0.15) is 0 Å². The van der Waals surface area contributed by atoms with Crippen LogP contribution in [0.4, 0.5) is 0 Å². The van der Waals surface area contributed by atoms with Gasteiger partial charge < -0.3 is 10.1 Å². The molecule has 1 N–H and O–H groups in total. The van der Waals surface area contributed by atoms with Gasteiger partial charge in [0.2, 0.25) is 0 Å². The SMILES string of the molecule is CCC1(CC)C(NC)CC1OCCC(C)(C)C. The van der Waals surface area contributed by atoms with Crippen LogP contribution < -0.4 is 5.32 Å². The molecule has 0 radical (unpaired) electrons. The van der Waals surface area contributed by atoms with E-state index in [0.717, 1.165) is 13.0 Å². The molecule has 0 amide bonds.